The quantitative estimate of drug-likeness (QED) is 0.452. The molecule has 0 saturated heterocycles. The number of aromatic nitrogens is 3. The second kappa shape index (κ2) is 3.49. The zero-order valence-electron chi connectivity index (χ0n) is 4.72. The fraction of sp³-hybridized carbons (Fsp3) is 0. The fourth-order valence-electron chi connectivity index (χ4n) is 0.403. The Labute approximate surface area is 73.9 Å². The van der Waals surface area contributed by atoms with E-state index in [-0.39, 0.29) is 27.3 Å². The molecule has 1 heterocycles. The number of rotatable bonds is 0. The number of H-pyrrole nitrogens is 3. The van der Waals surface area contributed by atoms with Gasteiger partial charge in [0.25, 0.3) is 0 Å². The van der Waals surface area contributed by atoms with E-state index >= 15 is 0 Å². The van der Waals surface area contributed by atoms with Gasteiger partial charge in [-0.25, -0.2) is 14.4 Å². The van der Waals surface area contributed by atoms with Crippen LogP contribution in [-0.2, 0) is 0 Å². The van der Waals surface area contributed by atoms with E-state index in [9.17, 15) is 14.4 Å². The topological polar surface area (TPSA) is 98.6 Å². The second-order valence-corrected chi connectivity index (χ2v) is 1.36. The van der Waals surface area contributed by atoms with Gasteiger partial charge in [0, 0.05) is 27.3 Å². The second-order valence-electron chi connectivity index (χ2n) is 1.36. The fourth-order valence-corrected chi connectivity index (χ4v) is 0.403. The van der Waals surface area contributed by atoms with Crippen LogP contribution in [0.1, 0.15) is 0 Å². The first kappa shape index (κ1) is 9.33. The van der Waals surface area contributed by atoms with Crippen LogP contribution in [0.5, 0.6) is 0 Å². The summed E-state index contributed by atoms with van der Waals surface area (Å²) in [4.78, 5) is 35.9. The number of aromatic amines is 3. The van der Waals surface area contributed by atoms with Crippen LogP contribution in [0.25, 0.3) is 0 Å². The normalized spacial score (nSPS) is 8.40. The zero-order valence-corrected chi connectivity index (χ0v) is 8.61. The summed E-state index contributed by atoms with van der Waals surface area (Å²) in [6.45, 7) is 0. The molecular formula is C3H3N3O3Pb. The standard InChI is InChI=1S/C3H3N3O3.Pb/c7-1-4-2(8)6-3(9)5-1;/h(H3,4,5,6,7,8,9);. The van der Waals surface area contributed by atoms with Crippen LogP contribution < -0.4 is 17.1 Å². The van der Waals surface area contributed by atoms with Gasteiger partial charge in [0.15, 0.2) is 0 Å². The molecular weight excluding hydrogens is 333 g/mol. The van der Waals surface area contributed by atoms with Crippen LogP contribution in [-0.4, -0.2) is 42.3 Å². The minimum absolute atomic E-state index is 0. The Bertz CT molecular complexity index is 281. The first-order chi connectivity index (χ1) is 4.18. The van der Waals surface area contributed by atoms with Crippen LogP contribution in [0.4, 0.5) is 0 Å². The van der Waals surface area contributed by atoms with Crippen molar-refractivity contribution in [1.29, 1.82) is 0 Å². The van der Waals surface area contributed by atoms with E-state index in [1.54, 1.807) is 15.0 Å². The molecule has 1 aromatic rings. The zero-order chi connectivity index (χ0) is 6.85. The van der Waals surface area contributed by atoms with E-state index in [0.717, 1.165) is 0 Å². The van der Waals surface area contributed by atoms with Gasteiger partial charge in [-0.3, -0.25) is 15.0 Å². The smallest absolute Gasteiger partial charge is 0.259 e. The minimum atomic E-state index is -0.802. The molecule has 0 aromatic carbocycles. The van der Waals surface area contributed by atoms with E-state index in [0.29, 0.717) is 0 Å². The van der Waals surface area contributed by atoms with E-state index in [1.165, 1.54) is 0 Å². The monoisotopic (exact) mass is 337 g/mol. The molecule has 52 valence electrons. The van der Waals surface area contributed by atoms with Crippen molar-refractivity contribution in [2.24, 2.45) is 0 Å². The third-order valence-electron chi connectivity index (χ3n) is 0.681. The van der Waals surface area contributed by atoms with Gasteiger partial charge in [-0.15, -0.1) is 0 Å². The maximum absolute atomic E-state index is 10.2. The molecule has 1 aromatic heterocycles. The van der Waals surface area contributed by atoms with Crippen LogP contribution >= 0.6 is 0 Å². The molecule has 0 unspecified atom stereocenters. The molecule has 7 heteroatoms. The summed E-state index contributed by atoms with van der Waals surface area (Å²) >= 11 is 0. The van der Waals surface area contributed by atoms with Crippen LogP contribution in [0.2, 0.25) is 0 Å². The van der Waals surface area contributed by atoms with Crippen LogP contribution in [0.3, 0.4) is 0 Å². The van der Waals surface area contributed by atoms with Crippen molar-refractivity contribution in [2.75, 3.05) is 0 Å². The molecule has 0 saturated carbocycles. The summed E-state index contributed by atoms with van der Waals surface area (Å²) in [5, 5.41) is 0. The van der Waals surface area contributed by atoms with Crippen molar-refractivity contribution < 1.29 is 0 Å². The van der Waals surface area contributed by atoms with Gasteiger partial charge in [-0.05, 0) is 0 Å². The van der Waals surface area contributed by atoms with Crippen molar-refractivity contribution in [3.63, 3.8) is 0 Å². The predicted octanol–water partition coefficient (Wildman–Crippen LogP) is -2.63. The Morgan fingerprint density at radius 2 is 0.900 bits per heavy atom. The molecule has 0 aliphatic heterocycles. The van der Waals surface area contributed by atoms with Gasteiger partial charge in [0.1, 0.15) is 0 Å². The predicted molar refractivity (Wildman–Crippen MR) is 34.1 cm³/mol. The summed E-state index contributed by atoms with van der Waals surface area (Å²) in [6, 6.07) is 0. The molecule has 10 heavy (non-hydrogen) atoms. The van der Waals surface area contributed by atoms with Crippen LogP contribution in [0.15, 0.2) is 14.4 Å². The molecule has 1 rings (SSSR count). The molecule has 0 amide bonds. The number of hydrogen-bond acceptors (Lipinski definition) is 3. The Hall–Kier alpha value is -0.668. The molecule has 4 radical (unpaired) electrons. The Morgan fingerprint density at radius 3 is 1.10 bits per heavy atom. The molecule has 0 aliphatic carbocycles. The van der Waals surface area contributed by atoms with E-state index in [1.807, 2.05) is 0 Å². The first-order valence-electron chi connectivity index (χ1n) is 2.11. The maximum Gasteiger partial charge on any atom is 0.330 e. The average molecular weight is 336 g/mol. The maximum atomic E-state index is 10.2. The summed E-state index contributed by atoms with van der Waals surface area (Å²) < 4.78 is 0. The molecule has 3 N–H and O–H groups in total. The van der Waals surface area contributed by atoms with Gasteiger partial charge in [-0.2, -0.15) is 0 Å². The third kappa shape index (κ3) is 2.29. The van der Waals surface area contributed by atoms with E-state index in [4.69, 9.17) is 0 Å². The Morgan fingerprint density at radius 1 is 0.700 bits per heavy atom. The molecule has 6 nitrogen and oxygen atoms in total. The minimum Gasteiger partial charge on any atom is -0.259 e. The summed E-state index contributed by atoms with van der Waals surface area (Å²) in [6.07, 6.45) is 0. The van der Waals surface area contributed by atoms with Gasteiger partial charge >= 0.3 is 17.1 Å². The van der Waals surface area contributed by atoms with Crippen molar-refractivity contribution in [2.45, 2.75) is 0 Å². The summed E-state index contributed by atoms with van der Waals surface area (Å²) in [5.41, 5.74) is -2.41. The van der Waals surface area contributed by atoms with Crippen molar-refractivity contribution in [1.82, 2.24) is 15.0 Å². The van der Waals surface area contributed by atoms with Gasteiger partial charge in [0.2, 0.25) is 0 Å². The van der Waals surface area contributed by atoms with Crippen molar-refractivity contribution in [3.8, 4) is 0 Å². The average Bonchev–Trinajstić information content (AvgIpc) is 1.59. The van der Waals surface area contributed by atoms with Crippen LogP contribution in [0, 0.1) is 0 Å². The first-order valence-corrected chi connectivity index (χ1v) is 2.11. The molecule has 0 spiro atoms. The third-order valence-corrected chi connectivity index (χ3v) is 0.681. The SMILES string of the molecule is O=c1[nH]c(=O)[nH]c(=O)[nH]1.[Pb]. The Balaban J connectivity index is 0.000000810. The van der Waals surface area contributed by atoms with Gasteiger partial charge in [-0.1, -0.05) is 0 Å². The summed E-state index contributed by atoms with van der Waals surface area (Å²) in [7, 11) is 0. The molecule has 0 bridgehead atoms. The van der Waals surface area contributed by atoms with E-state index in [2.05, 4.69) is 0 Å². The summed E-state index contributed by atoms with van der Waals surface area (Å²) in [5.74, 6) is 0. The van der Waals surface area contributed by atoms with Crippen molar-refractivity contribution >= 4 is 27.3 Å². The molecule has 0 fully saturated rings. The number of nitrogens with one attached hydrogen (secondary N) is 3. The van der Waals surface area contributed by atoms with Crippen molar-refractivity contribution in [3.05, 3.63) is 31.5 Å². The molecule has 0 aliphatic rings. The van der Waals surface area contributed by atoms with Gasteiger partial charge in [0.05, 0.1) is 0 Å². The number of hydrogen-bond donors (Lipinski definition) is 3. The van der Waals surface area contributed by atoms with E-state index < -0.39 is 17.1 Å². The molecule has 0 atom stereocenters. The van der Waals surface area contributed by atoms with Gasteiger partial charge < -0.3 is 0 Å². The largest absolute Gasteiger partial charge is 0.330 e. The Kier molecular flexibility index (Phi) is 3.26.